The number of benzene rings is 1. The van der Waals surface area contributed by atoms with E-state index in [1.165, 1.54) is 4.31 Å². The van der Waals surface area contributed by atoms with Crippen molar-refractivity contribution in [2.75, 3.05) is 49.0 Å². The molecule has 2 rings (SSSR count). The molecule has 1 heterocycles. The highest BCUT2D eigenvalue weighted by Gasteiger charge is 2.24. The minimum atomic E-state index is -3.49. The maximum absolute atomic E-state index is 12.2. The van der Waals surface area contributed by atoms with E-state index in [0.29, 0.717) is 32.0 Å². The first-order chi connectivity index (χ1) is 10.1. The summed E-state index contributed by atoms with van der Waals surface area (Å²) in [6.07, 6.45) is 0. The average Bonchev–Trinajstić information content (AvgIpc) is 2.51. The van der Waals surface area contributed by atoms with Gasteiger partial charge in [-0.15, -0.1) is 0 Å². The topological polar surface area (TPSA) is 61.9 Å². The summed E-state index contributed by atoms with van der Waals surface area (Å²) in [6, 6.07) is 7.46. The molecule has 118 valence electrons. The van der Waals surface area contributed by atoms with Gasteiger partial charge in [0.25, 0.3) is 0 Å². The van der Waals surface area contributed by atoms with E-state index in [2.05, 4.69) is 23.5 Å². The third-order valence-corrected chi connectivity index (χ3v) is 5.09. The van der Waals surface area contributed by atoms with Crippen LogP contribution in [0.25, 0.3) is 0 Å². The fraction of sp³-hybridized carbons (Fsp3) is 0.571. The Balaban J connectivity index is 2.05. The van der Waals surface area contributed by atoms with Crippen molar-refractivity contribution in [3.8, 4) is 0 Å². The number of nitrogens with one attached hydrogen (secondary N) is 1. The van der Waals surface area contributed by atoms with E-state index in [1.54, 1.807) is 12.1 Å². The summed E-state index contributed by atoms with van der Waals surface area (Å²) in [5.74, 6) is 0. The van der Waals surface area contributed by atoms with Crippen LogP contribution in [0.15, 0.2) is 24.3 Å². The molecule has 1 aliphatic rings. The number of rotatable bonds is 6. The normalized spacial score (nSPS) is 16.7. The highest BCUT2D eigenvalue weighted by Crippen LogP contribution is 2.19. The van der Waals surface area contributed by atoms with Crippen LogP contribution < -0.4 is 9.62 Å². The van der Waals surface area contributed by atoms with Crippen molar-refractivity contribution >= 4 is 21.6 Å². The molecular weight excluding hydrogens is 290 g/mol. The molecule has 0 amide bonds. The summed E-state index contributed by atoms with van der Waals surface area (Å²) in [5, 5.41) is 0. The Hall–Kier alpha value is -1.31. The van der Waals surface area contributed by atoms with Crippen LogP contribution in [-0.2, 0) is 14.9 Å². The Labute approximate surface area is 126 Å². The zero-order valence-electron chi connectivity index (χ0n) is 12.6. The monoisotopic (exact) mass is 313 g/mol. The van der Waals surface area contributed by atoms with Crippen LogP contribution in [0.4, 0.5) is 11.4 Å². The second-order valence-electron chi connectivity index (χ2n) is 4.84. The molecule has 0 unspecified atom stereocenters. The molecule has 0 spiro atoms. The lowest BCUT2D eigenvalue weighted by Crippen LogP contribution is -2.43. The van der Waals surface area contributed by atoms with Crippen LogP contribution in [0, 0.1) is 0 Å². The Morgan fingerprint density at radius 3 is 2.24 bits per heavy atom. The fourth-order valence-corrected chi connectivity index (χ4v) is 3.52. The summed E-state index contributed by atoms with van der Waals surface area (Å²) < 4.78 is 33.7. The number of hydrogen-bond donors (Lipinski definition) is 1. The quantitative estimate of drug-likeness (QED) is 0.865. The Morgan fingerprint density at radius 1 is 1.14 bits per heavy atom. The second-order valence-corrected chi connectivity index (χ2v) is 6.51. The molecule has 1 fully saturated rings. The maximum Gasteiger partial charge on any atom is 0.301 e. The van der Waals surface area contributed by atoms with E-state index in [9.17, 15) is 8.42 Å². The molecule has 1 aliphatic heterocycles. The second kappa shape index (κ2) is 7.11. The van der Waals surface area contributed by atoms with Crippen LogP contribution in [0.1, 0.15) is 13.8 Å². The van der Waals surface area contributed by atoms with Crippen LogP contribution >= 0.6 is 0 Å². The van der Waals surface area contributed by atoms with Crippen molar-refractivity contribution in [2.24, 2.45) is 0 Å². The molecule has 21 heavy (non-hydrogen) atoms. The molecule has 1 N–H and O–H groups in total. The number of morpholine rings is 1. The molecular formula is C14H23N3O3S. The zero-order valence-corrected chi connectivity index (χ0v) is 13.4. The van der Waals surface area contributed by atoms with Gasteiger partial charge in [0, 0.05) is 37.6 Å². The lowest BCUT2D eigenvalue weighted by Gasteiger charge is -2.26. The van der Waals surface area contributed by atoms with E-state index in [0.717, 1.165) is 18.8 Å². The summed E-state index contributed by atoms with van der Waals surface area (Å²) in [7, 11) is -3.49. The molecule has 0 aromatic heterocycles. The molecule has 1 aromatic rings. The highest BCUT2D eigenvalue weighted by atomic mass is 32.2. The maximum atomic E-state index is 12.2. The van der Waals surface area contributed by atoms with E-state index < -0.39 is 10.2 Å². The van der Waals surface area contributed by atoms with Crippen LogP contribution in [-0.4, -0.2) is 52.1 Å². The van der Waals surface area contributed by atoms with Crippen molar-refractivity contribution in [3.63, 3.8) is 0 Å². The first kappa shape index (κ1) is 16.1. The smallest absolute Gasteiger partial charge is 0.301 e. The van der Waals surface area contributed by atoms with Gasteiger partial charge in [-0.1, -0.05) is 0 Å². The van der Waals surface area contributed by atoms with Gasteiger partial charge in [0.2, 0.25) is 0 Å². The van der Waals surface area contributed by atoms with Gasteiger partial charge in [0.05, 0.1) is 13.2 Å². The van der Waals surface area contributed by atoms with Gasteiger partial charge < -0.3 is 9.64 Å². The van der Waals surface area contributed by atoms with E-state index >= 15 is 0 Å². The van der Waals surface area contributed by atoms with Gasteiger partial charge in [-0.05, 0) is 38.1 Å². The van der Waals surface area contributed by atoms with Gasteiger partial charge in [-0.25, -0.2) is 0 Å². The molecule has 0 saturated carbocycles. The van der Waals surface area contributed by atoms with E-state index in [-0.39, 0.29) is 0 Å². The molecule has 0 atom stereocenters. The molecule has 1 saturated heterocycles. The predicted molar refractivity (Wildman–Crippen MR) is 84.9 cm³/mol. The molecule has 0 bridgehead atoms. The van der Waals surface area contributed by atoms with Crippen LogP contribution in [0.2, 0.25) is 0 Å². The van der Waals surface area contributed by atoms with Gasteiger partial charge in [-0.3, -0.25) is 4.72 Å². The minimum Gasteiger partial charge on any atom is -0.379 e. The Kier molecular flexibility index (Phi) is 5.44. The lowest BCUT2D eigenvalue weighted by atomic mass is 10.2. The van der Waals surface area contributed by atoms with Crippen molar-refractivity contribution in [2.45, 2.75) is 13.8 Å². The standard InChI is InChI=1S/C14H23N3O3S/c1-3-16(4-2)14-7-5-13(6-8-14)15-21(18,19)17-9-11-20-12-10-17/h5-8,15H,3-4,9-12H2,1-2H3. The molecule has 0 aliphatic carbocycles. The first-order valence-electron chi connectivity index (χ1n) is 7.27. The Morgan fingerprint density at radius 2 is 1.71 bits per heavy atom. The zero-order chi connectivity index (χ0) is 15.3. The highest BCUT2D eigenvalue weighted by molar-refractivity contribution is 7.90. The molecule has 1 aromatic carbocycles. The summed E-state index contributed by atoms with van der Waals surface area (Å²) in [6.45, 7) is 7.73. The van der Waals surface area contributed by atoms with E-state index in [4.69, 9.17) is 4.74 Å². The number of hydrogen-bond acceptors (Lipinski definition) is 4. The average molecular weight is 313 g/mol. The first-order valence-corrected chi connectivity index (χ1v) is 8.71. The number of ether oxygens (including phenoxy) is 1. The van der Waals surface area contributed by atoms with Gasteiger partial charge in [0.15, 0.2) is 0 Å². The number of anilines is 2. The van der Waals surface area contributed by atoms with Crippen molar-refractivity contribution in [1.29, 1.82) is 0 Å². The third-order valence-electron chi connectivity index (χ3n) is 3.55. The minimum absolute atomic E-state index is 0.396. The number of nitrogens with zero attached hydrogens (tertiary/aromatic N) is 2. The van der Waals surface area contributed by atoms with Crippen molar-refractivity contribution in [3.05, 3.63) is 24.3 Å². The van der Waals surface area contributed by atoms with Gasteiger partial charge in [0.1, 0.15) is 0 Å². The largest absolute Gasteiger partial charge is 0.379 e. The lowest BCUT2D eigenvalue weighted by molar-refractivity contribution is 0.0733. The third kappa shape index (κ3) is 4.09. The van der Waals surface area contributed by atoms with Crippen molar-refractivity contribution < 1.29 is 13.2 Å². The van der Waals surface area contributed by atoms with Gasteiger partial charge >= 0.3 is 10.2 Å². The van der Waals surface area contributed by atoms with Gasteiger partial charge in [-0.2, -0.15) is 12.7 Å². The van der Waals surface area contributed by atoms with Crippen LogP contribution in [0.3, 0.4) is 0 Å². The van der Waals surface area contributed by atoms with Crippen molar-refractivity contribution in [1.82, 2.24) is 4.31 Å². The molecule has 7 heteroatoms. The summed E-state index contributed by atoms with van der Waals surface area (Å²) >= 11 is 0. The predicted octanol–water partition coefficient (Wildman–Crippen LogP) is 1.52. The summed E-state index contributed by atoms with van der Waals surface area (Å²) in [5.41, 5.74) is 1.67. The van der Waals surface area contributed by atoms with Crippen LogP contribution in [0.5, 0.6) is 0 Å². The molecule has 6 nitrogen and oxygen atoms in total. The Bertz CT molecular complexity index is 535. The summed E-state index contributed by atoms with van der Waals surface area (Å²) in [4.78, 5) is 2.21. The molecule has 0 radical (unpaired) electrons. The SMILES string of the molecule is CCN(CC)c1ccc(NS(=O)(=O)N2CCOCC2)cc1. The fourth-order valence-electron chi connectivity index (χ4n) is 2.33. The van der Waals surface area contributed by atoms with E-state index in [1.807, 2.05) is 12.1 Å².